The molecule has 5 heterocycles. The minimum atomic E-state index is 0.492. The molecule has 0 aliphatic rings. The molecule has 0 saturated heterocycles. The second-order valence-corrected chi connectivity index (χ2v) is 18.9. The van der Waals surface area contributed by atoms with Gasteiger partial charge in [0.05, 0.1) is 11.0 Å². The molecule has 334 valence electrons. The quantitative estimate of drug-likeness (QED) is 0.159. The van der Waals surface area contributed by atoms with Crippen molar-refractivity contribution in [1.82, 2.24) is 19.5 Å². The Bertz CT molecular complexity index is 4580. The minimum absolute atomic E-state index is 0.492. The van der Waals surface area contributed by atoms with Crippen molar-refractivity contribution in [2.75, 3.05) is 0 Å². The predicted octanol–water partition coefficient (Wildman–Crippen LogP) is 15.8. The summed E-state index contributed by atoms with van der Waals surface area (Å²) >= 11 is 1.84. The van der Waals surface area contributed by atoms with Gasteiger partial charge < -0.3 is 13.4 Å². The molecule has 0 aliphatic carbocycles. The standard InChI is InChI=1S/C64H40N4O2S/c1-3-44(64-66-62(38-16-6-5-7-17-38)65-63(67-64)42-18-14-19-43(34-42)68-52-24-11-8-20-46(52)47-21-9-12-25-53(47)68)60-51-36-41(30-33-55(51)69-54(60)4-2)45-23-15-26-57-61(45)50-35-39(29-32-56(50)70-57)40-28-31-49-48-22-10-13-27-58(48)71-59(49)37-40/h3-37H,1H2,2H3/b54-4+,60-44+. The summed E-state index contributed by atoms with van der Waals surface area (Å²) < 4.78 is 18.1. The molecule has 5 aromatic heterocycles. The molecule has 0 bridgehead atoms. The summed E-state index contributed by atoms with van der Waals surface area (Å²) in [5.41, 5.74) is 13.3. The van der Waals surface area contributed by atoms with Crippen molar-refractivity contribution < 1.29 is 8.83 Å². The summed E-state index contributed by atoms with van der Waals surface area (Å²) in [5.74, 6) is 1.60. The predicted molar refractivity (Wildman–Crippen MR) is 294 cm³/mol. The number of fused-ring (bicyclic) bond motifs is 10. The highest BCUT2D eigenvalue weighted by Crippen LogP contribution is 2.41. The Balaban J connectivity index is 0.937. The highest BCUT2D eigenvalue weighted by molar-refractivity contribution is 7.25. The summed E-state index contributed by atoms with van der Waals surface area (Å²) in [7, 11) is 0. The smallest absolute Gasteiger partial charge is 0.164 e. The van der Waals surface area contributed by atoms with Crippen LogP contribution in [-0.4, -0.2) is 19.5 Å². The number of hydrogen-bond donors (Lipinski definition) is 0. The Morgan fingerprint density at radius 1 is 0.479 bits per heavy atom. The summed E-state index contributed by atoms with van der Waals surface area (Å²) in [5, 5.41) is 8.89. The van der Waals surface area contributed by atoms with E-state index in [2.05, 4.69) is 181 Å². The Morgan fingerprint density at radius 2 is 1.11 bits per heavy atom. The summed E-state index contributed by atoms with van der Waals surface area (Å²) in [6.45, 7) is 6.38. The van der Waals surface area contributed by atoms with Crippen molar-refractivity contribution in [2.24, 2.45) is 0 Å². The molecular formula is C64H40N4O2S. The maximum Gasteiger partial charge on any atom is 0.164 e. The van der Waals surface area contributed by atoms with Crippen LogP contribution in [0.2, 0.25) is 0 Å². The van der Waals surface area contributed by atoms with Gasteiger partial charge in [-0.15, -0.1) is 11.3 Å². The fraction of sp³-hybridized carbons (Fsp3) is 0.0156. The van der Waals surface area contributed by atoms with Gasteiger partial charge in [-0.1, -0.05) is 146 Å². The molecule has 0 atom stereocenters. The molecule has 14 rings (SSSR count). The molecule has 71 heavy (non-hydrogen) atoms. The maximum absolute atomic E-state index is 6.64. The fourth-order valence-electron chi connectivity index (χ4n) is 10.5. The lowest BCUT2D eigenvalue weighted by molar-refractivity contribution is 0.574. The first-order chi connectivity index (χ1) is 35.1. The zero-order chi connectivity index (χ0) is 47.2. The minimum Gasteiger partial charge on any atom is -0.456 e. The molecule has 0 saturated carbocycles. The number of thiophene rings is 1. The van der Waals surface area contributed by atoms with Crippen molar-refractivity contribution in [2.45, 2.75) is 6.92 Å². The Labute approximate surface area is 411 Å². The van der Waals surface area contributed by atoms with E-state index in [4.69, 9.17) is 23.8 Å². The van der Waals surface area contributed by atoms with Gasteiger partial charge >= 0.3 is 0 Å². The average Bonchev–Trinajstić information content (AvgIpc) is 4.20. The topological polar surface area (TPSA) is 69.9 Å². The van der Waals surface area contributed by atoms with E-state index >= 15 is 0 Å². The van der Waals surface area contributed by atoms with Crippen LogP contribution >= 0.6 is 11.3 Å². The van der Waals surface area contributed by atoms with E-state index in [1.807, 2.05) is 60.7 Å². The van der Waals surface area contributed by atoms with Crippen molar-refractivity contribution >= 4 is 97.9 Å². The highest BCUT2D eigenvalue weighted by atomic mass is 32.1. The van der Waals surface area contributed by atoms with Crippen molar-refractivity contribution in [1.29, 1.82) is 0 Å². The molecule has 6 nitrogen and oxygen atoms in total. The van der Waals surface area contributed by atoms with E-state index < -0.39 is 0 Å². The van der Waals surface area contributed by atoms with Gasteiger partial charge in [0.1, 0.15) is 22.2 Å². The first kappa shape index (κ1) is 40.9. The van der Waals surface area contributed by atoms with E-state index in [9.17, 15) is 0 Å². The van der Waals surface area contributed by atoms with E-state index in [-0.39, 0.29) is 0 Å². The molecule has 7 heteroatoms. The zero-order valence-electron chi connectivity index (χ0n) is 38.4. The van der Waals surface area contributed by atoms with Crippen LogP contribution in [0.4, 0.5) is 0 Å². The van der Waals surface area contributed by atoms with Gasteiger partial charge in [0.2, 0.25) is 0 Å². The first-order valence-corrected chi connectivity index (χ1v) is 24.5. The number of aromatic nitrogens is 4. The van der Waals surface area contributed by atoms with Crippen LogP contribution in [0.1, 0.15) is 12.7 Å². The van der Waals surface area contributed by atoms with Gasteiger partial charge in [-0.3, -0.25) is 0 Å². The molecule has 0 fully saturated rings. The third-order valence-electron chi connectivity index (χ3n) is 13.8. The lowest BCUT2D eigenvalue weighted by Crippen LogP contribution is -2.24. The second-order valence-electron chi connectivity index (χ2n) is 17.9. The number of benzene rings is 9. The Kier molecular flexibility index (Phi) is 9.34. The Hall–Kier alpha value is -9.17. The van der Waals surface area contributed by atoms with Crippen molar-refractivity contribution in [3.05, 3.63) is 229 Å². The lowest BCUT2D eigenvalue weighted by atomic mass is 9.96. The van der Waals surface area contributed by atoms with E-state index in [0.717, 1.165) is 88.2 Å². The molecule has 9 aromatic carbocycles. The van der Waals surface area contributed by atoms with Gasteiger partial charge in [-0.05, 0) is 102 Å². The van der Waals surface area contributed by atoms with Crippen LogP contribution in [-0.2, 0) is 0 Å². The van der Waals surface area contributed by atoms with Gasteiger partial charge in [-0.2, -0.15) is 0 Å². The van der Waals surface area contributed by atoms with Crippen LogP contribution in [0.3, 0.4) is 0 Å². The van der Waals surface area contributed by atoms with E-state index in [1.54, 1.807) is 0 Å². The summed E-state index contributed by atoms with van der Waals surface area (Å²) in [6, 6.07) is 70.3. The third-order valence-corrected chi connectivity index (χ3v) is 15.0. The van der Waals surface area contributed by atoms with Crippen LogP contribution in [0, 0.1) is 0 Å². The van der Waals surface area contributed by atoms with Crippen molar-refractivity contribution in [3.63, 3.8) is 0 Å². The average molecular weight is 929 g/mol. The molecule has 0 aliphatic heterocycles. The monoisotopic (exact) mass is 928 g/mol. The van der Waals surface area contributed by atoms with Crippen LogP contribution in [0.25, 0.3) is 137 Å². The SMILES string of the molecule is C=C/C(c1nc(-c2ccccc2)nc(-c2cccc(-n3c4ccccc4c4ccccc43)c2)n1)=c1\c(=C/C)oc2ccc(-c3cccc4oc5ccc(-c6ccc7c(c6)sc6ccccc67)cc5c34)cc12. The highest BCUT2D eigenvalue weighted by Gasteiger charge is 2.20. The third kappa shape index (κ3) is 6.58. The Morgan fingerprint density at radius 3 is 1.90 bits per heavy atom. The van der Waals surface area contributed by atoms with Crippen molar-refractivity contribution in [3.8, 4) is 50.7 Å². The number of furan rings is 2. The van der Waals surface area contributed by atoms with Gasteiger partial charge in [-0.25, -0.2) is 15.0 Å². The molecule has 0 amide bonds. The molecule has 0 radical (unpaired) electrons. The zero-order valence-corrected chi connectivity index (χ0v) is 39.2. The summed E-state index contributed by atoms with van der Waals surface area (Å²) in [6.07, 6.45) is 3.84. The number of rotatable bonds is 7. The molecule has 14 aromatic rings. The van der Waals surface area contributed by atoms with Crippen LogP contribution in [0.5, 0.6) is 0 Å². The largest absolute Gasteiger partial charge is 0.456 e. The van der Waals surface area contributed by atoms with Crippen LogP contribution < -0.4 is 10.6 Å². The van der Waals surface area contributed by atoms with Gasteiger partial charge in [0.25, 0.3) is 0 Å². The van der Waals surface area contributed by atoms with E-state index in [1.165, 1.54) is 36.5 Å². The lowest BCUT2D eigenvalue weighted by Gasteiger charge is -2.12. The number of nitrogens with zero attached hydrogens (tertiary/aromatic N) is 4. The molecule has 0 unspecified atom stereocenters. The van der Waals surface area contributed by atoms with Gasteiger partial charge in [0, 0.05) is 74.7 Å². The summed E-state index contributed by atoms with van der Waals surface area (Å²) in [4.78, 5) is 15.6. The molecule has 0 spiro atoms. The molecule has 0 N–H and O–H groups in total. The normalized spacial score (nSPS) is 12.7. The molecular weight excluding hydrogens is 889 g/mol. The number of allylic oxidation sites excluding steroid dienone is 1. The van der Waals surface area contributed by atoms with Gasteiger partial charge in [0.15, 0.2) is 17.5 Å². The maximum atomic E-state index is 6.64. The van der Waals surface area contributed by atoms with Crippen LogP contribution in [0.15, 0.2) is 222 Å². The number of para-hydroxylation sites is 2. The number of hydrogen-bond acceptors (Lipinski definition) is 6. The first-order valence-electron chi connectivity index (χ1n) is 23.7. The van der Waals surface area contributed by atoms with E-state index in [0.29, 0.717) is 22.9 Å². The fourth-order valence-corrected chi connectivity index (χ4v) is 11.7. The second kappa shape index (κ2) is 16.2.